The highest BCUT2D eigenvalue weighted by Crippen LogP contribution is 2.42. The molecule has 0 N–H and O–H groups in total. The van der Waals surface area contributed by atoms with Gasteiger partial charge in [0, 0.05) is 63.5 Å². The normalized spacial score (nSPS) is 11.6. The molecule has 1 aliphatic carbocycles. The lowest BCUT2D eigenvalue weighted by Crippen LogP contribution is -2.15. The molecule has 0 aromatic heterocycles. The number of rotatable bonds is 46. The summed E-state index contributed by atoms with van der Waals surface area (Å²) in [4.78, 5) is 73.9. The van der Waals surface area contributed by atoms with Gasteiger partial charge in [-0.25, -0.2) is 9.59 Å². The highest BCUT2D eigenvalue weighted by molar-refractivity contribution is 5.91. The first-order valence-corrected chi connectivity index (χ1v) is 34.9. The summed E-state index contributed by atoms with van der Waals surface area (Å²) in [7, 11) is 2.47. The third-order valence-corrected chi connectivity index (χ3v) is 16.5. The Morgan fingerprint density at radius 2 is 0.553 bits per heavy atom. The molecule has 0 fully saturated rings. The van der Waals surface area contributed by atoms with Crippen LogP contribution in [0.3, 0.4) is 0 Å². The lowest BCUT2D eigenvalue weighted by Gasteiger charge is -2.25. The minimum absolute atomic E-state index is 0.0277. The molecule has 516 valence electrons. The van der Waals surface area contributed by atoms with E-state index < -0.39 is 48.7 Å². The van der Waals surface area contributed by atoms with E-state index in [-0.39, 0.29) is 52.9 Å². The van der Waals surface area contributed by atoms with E-state index in [9.17, 15) is 28.8 Å². The molecule has 0 spiro atoms. The fourth-order valence-electron chi connectivity index (χ4n) is 11.8. The van der Waals surface area contributed by atoms with E-state index in [1.54, 1.807) is 0 Å². The maximum Gasteiger partial charge on any atom is 0.330 e. The molecular weight excluding hydrogens is 1190 g/mol. The Hall–Kier alpha value is -7.62. The Morgan fingerprint density at radius 3 is 0.766 bits per heavy atom. The molecule has 16 nitrogen and oxygen atoms in total. The molecule has 0 saturated heterocycles. The van der Waals surface area contributed by atoms with E-state index in [0.717, 1.165) is 197 Å². The molecule has 5 rings (SSSR count). The SMILES string of the molecule is C=CC(=O)OCCCOc1c2cc(CCCCCC)cc1Cc1cc(CCCCCC)cc(c1OCCCOC(=O)CC(=O)OC)Cc1cc(CCCCCC)cc(c1OCCCOC(=O)C=C)Cc1cc(CCCCCC)cc(c1OCCCOC(=O)CC(=O)OC)C2. The number of hydrogen-bond acceptors (Lipinski definition) is 16. The van der Waals surface area contributed by atoms with Crippen LogP contribution in [0.1, 0.15) is 236 Å². The smallest absolute Gasteiger partial charge is 0.330 e. The van der Waals surface area contributed by atoms with Crippen LogP contribution in [0.4, 0.5) is 0 Å². The number of carbonyl (C=O) groups is 6. The maximum atomic E-state index is 12.7. The van der Waals surface area contributed by atoms with Gasteiger partial charge in [-0.2, -0.15) is 0 Å². The summed E-state index contributed by atoms with van der Waals surface area (Å²) in [5, 5.41) is 0. The van der Waals surface area contributed by atoms with Crippen molar-refractivity contribution in [3.8, 4) is 23.0 Å². The first kappa shape index (κ1) is 77.1. The number of carbonyl (C=O) groups excluding carboxylic acids is 6. The third kappa shape index (κ3) is 28.1. The van der Waals surface area contributed by atoms with Crippen LogP contribution < -0.4 is 18.9 Å². The molecule has 4 aromatic carbocycles. The largest absolute Gasteiger partial charge is 0.493 e. The summed E-state index contributed by atoms with van der Waals surface area (Å²) in [6.45, 7) is 17.3. The average Bonchev–Trinajstić information content (AvgIpc) is 0.785. The summed E-state index contributed by atoms with van der Waals surface area (Å²) in [6.07, 6.45) is 25.1. The monoisotopic (exact) mass is 1300 g/mol. The van der Waals surface area contributed by atoms with Crippen molar-refractivity contribution in [1.29, 1.82) is 0 Å². The fourth-order valence-corrected chi connectivity index (χ4v) is 11.8. The number of esters is 6. The summed E-state index contributed by atoms with van der Waals surface area (Å²) in [6, 6.07) is 18.4. The van der Waals surface area contributed by atoms with Crippen LogP contribution in [-0.2, 0) is 109 Å². The lowest BCUT2D eigenvalue weighted by atomic mass is 9.87. The predicted molar refractivity (Wildman–Crippen MR) is 366 cm³/mol. The van der Waals surface area contributed by atoms with E-state index in [1.165, 1.54) is 36.5 Å². The highest BCUT2D eigenvalue weighted by atomic mass is 16.6. The molecule has 0 heterocycles. The van der Waals surface area contributed by atoms with E-state index in [2.05, 4.69) is 89.4 Å². The molecule has 0 radical (unpaired) electrons. The van der Waals surface area contributed by atoms with E-state index in [1.807, 2.05) is 0 Å². The highest BCUT2D eigenvalue weighted by Gasteiger charge is 2.26. The van der Waals surface area contributed by atoms with Gasteiger partial charge in [-0.05, 0) is 118 Å². The quantitative estimate of drug-likeness (QED) is 0.0117. The van der Waals surface area contributed by atoms with Gasteiger partial charge in [-0.1, -0.05) is 166 Å². The molecule has 16 heteroatoms. The fraction of sp³-hybridized carbons (Fsp3) is 0.564. The topological polar surface area (TPSA) is 195 Å². The van der Waals surface area contributed by atoms with Crippen LogP contribution in [0.25, 0.3) is 0 Å². The van der Waals surface area contributed by atoms with Crippen LogP contribution in [0, 0.1) is 0 Å². The van der Waals surface area contributed by atoms with Gasteiger partial charge in [0.05, 0.1) is 67.1 Å². The average molecular weight is 1300 g/mol. The molecule has 94 heavy (non-hydrogen) atoms. The Kier molecular flexibility index (Phi) is 36.8. The van der Waals surface area contributed by atoms with Gasteiger partial charge < -0.3 is 47.4 Å². The first-order valence-electron chi connectivity index (χ1n) is 34.9. The standard InChI is InChI=1S/C78H108O16/c1-9-15-19-23-31-57-43-61-51-65-47-59(33-25-21-17-11-3)49-67(77(65)93-41-29-37-89-73(83)55-71(81)85-7)53-63-45-58(32-24-20-16-10-2)46-64(76(63)92-40-28-36-88-70(80)14-6)54-68-50-60(34-26-22-18-12-4)48-66(78(68)94-42-30-38-90-74(84)56-72(82)86-8)52-62(44-57)75(61)91-39-27-35-87-69(79)13-5/h13-14,43-50H,5-6,9-12,15-42,51-56H2,1-4,7-8H3. The number of hydrogen-bond donors (Lipinski definition) is 0. The van der Waals surface area contributed by atoms with Crippen molar-refractivity contribution < 1.29 is 76.1 Å². The molecule has 1 aliphatic rings. The van der Waals surface area contributed by atoms with Gasteiger partial charge >= 0.3 is 35.8 Å². The number of benzene rings is 4. The van der Waals surface area contributed by atoms with Crippen LogP contribution in [0.5, 0.6) is 23.0 Å². The summed E-state index contributed by atoms with van der Waals surface area (Å²) >= 11 is 0. The molecule has 0 unspecified atom stereocenters. The lowest BCUT2D eigenvalue weighted by molar-refractivity contribution is -0.155. The molecule has 8 bridgehead atoms. The second-order valence-electron chi connectivity index (χ2n) is 24.4. The van der Waals surface area contributed by atoms with Gasteiger partial charge in [0.15, 0.2) is 0 Å². The zero-order valence-corrected chi connectivity index (χ0v) is 57.6. The van der Waals surface area contributed by atoms with E-state index in [0.29, 0.717) is 62.9 Å². The van der Waals surface area contributed by atoms with Crippen molar-refractivity contribution in [3.05, 3.63) is 141 Å². The zero-order valence-electron chi connectivity index (χ0n) is 57.6. The second kappa shape index (κ2) is 44.9. The number of aryl methyl sites for hydroxylation is 4. The molecule has 0 atom stereocenters. The summed E-state index contributed by atoms with van der Waals surface area (Å²) in [5.74, 6) is -0.826. The van der Waals surface area contributed by atoms with Crippen molar-refractivity contribution in [3.63, 3.8) is 0 Å². The van der Waals surface area contributed by atoms with Crippen LogP contribution >= 0.6 is 0 Å². The molecule has 0 amide bonds. The van der Waals surface area contributed by atoms with Crippen LogP contribution in [0.2, 0.25) is 0 Å². The minimum Gasteiger partial charge on any atom is -0.493 e. The maximum absolute atomic E-state index is 12.7. The Labute approximate surface area is 560 Å². The van der Waals surface area contributed by atoms with Gasteiger partial charge in [0.25, 0.3) is 0 Å². The summed E-state index contributed by atoms with van der Waals surface area (Å²) < 4.78 is 59.9. The second-order valence-corrected chi connectivity index (χ2v) is 24.4. The number of unbranched alkanes of at least 4 members (excludes halogenated alkanes) is 12. The van der Waals surface area contributed by atoms with Crippen LogP contribution in [-0.4, -0.2) is 103 Å². The van der Waals surface area contributed by atoms with Crippen molar-refractivity contribution in [2.45, 2.75) is 220 Å². The summed E-state index contributed by atoms with van der Waals surface area (Å²) in [5.41, 5.74) is 12.5. The van der Waals surface area contributed by atoms with Crippen molar-refractivity contribution in [2.75, 3.05) is 67.1 Å². The Bertz CT molecular complexity index is 2730. The van der Waals surface area contributed by atoms with Gasteiger partial charge in [0.1, 0.15) is 35.8 Å². The minimum atomic E-state index is -0.674. The molecule has 0 aliphatic heterocycles. The zero-order chi connectivity index (χ0) is 67.7. The predicted octanol–water partition coefficient (Wildman–Crippen LogP) is 15.6. The van der Waals surface area contributed by atoms with Gasteiger partial charge in [-0.15, -0.1) is 0 Å². The van der Waals surface area contributed by atoms with Gasteiger partial charge in [0.2, 0.25) is 0 Å². The van der Waals surface area contributed by atoms with Crippen molar-refractivity contribution in [1.82, 2.24) is 0 Å². The van der Waals surface area contributed by atoms with Crippen molar-refractivity contribution in [2.24, 2.45) is 0 Å². The van der Waals surface area contributed by atoms with Crippen LogP contribution in [0.15, 0.2) is 73.8 Å². The number of methoxy groups -OCH3 is 2. The molecule has 0 saturated carbocycles. The Morgan fingerprint density at radius 1 is 0.319 bits per heavy atom. The molecular formula is C78H108O16. The first-order chi connectivity index (χ1) is 45.8. The Balaban J connectivity index is 1.89. The van der Waals surface area contributed by atoms with E-state index >= 15 is 0 Å². The third-order valence-electron chi connectivity index (χ3n) is 16.5. The number of fused-ring (bicyclic) bond motifs is 8. The molecule has 4 aromatic rings. The van der Waals surface area contributed by atoms with Crippen molar-refractivity contribution >= 4 is 35.8 Å². The van der Waals surface area contributed by atoms with Gasteiger partial charge in [-0.3, -0.25) is 19.2 Å². The van der Waals surface area contributed by atoms with E-state index in [4.69, 9.17) is 47.4 Å². The number of ether oxygens (including phenoxy) is 10.